The zero-order valence-electron chi connectivity index (χ0n) is 20.8. The van der Waals surface area contributed by atoms with E-state index in [1.807, 2.05) is 41.9 Å². The molecule has 1 unspecified atom stereocenters. The highest BCUT2D eigenvalue weighted by Crippen LogP contribution is 2.53. The second-order valence-corrected chi connectivity index (χ2v) is 10.2. The molecule has 186 valence electrons. The van der Waals surface area contributed by atoms with Gasteiger partial charge in [0.25, 0.3) is 5.89 Å². The van der Waals surface area contributed by atoms with Crippen LogP contribution in [0.1, 0.15) is 37.4 Å². The Kier molecular flexibility index (Phi) is 5.35. The lowest BCUT2D eigenvalue weighted by atomic mass is 9.57. The Balaban J connectivity index is 1.56. The first-order valence-electron chi connectivity index (χ1n) is 12.4. The van der Waals surface area contributed by atoms with Crippen LogP contribution in [0.4, 0.5) is 4.39 Å². The second kappa shape index (κ2) is 8.49. The minimum atomic E-state index is -0.783. The van der Waals surface area contributed by atoms with Crippen LogP contribution in [-0.2, 0) is 11.8 Å². The Morgan fingerprint density at radius 2 is 1.84 bits per heavy atom. The summed E-state index contributed by atoms with van der Waals surface area (Å²) in [5.74, 6) is 0.759. The summed E-state index contributed by atoms with van der Waals surface area (Å²) in [5, 5.41) is 29.6. The monoisotopic (exact) mass is 495 g/mol. The topological polar surface area (TPSA) is 101 Å². The average Bonchev–Trinajstić information content (AvgIpc) is 3.51. The third-order valence-electron chi connectivity index (χ3n) is 8.01. The predicted octanol–water partition coefficient (Wildman–Crippen LogP) is 5.32. The zero-order chi connectivity index (χ0) is 25.9. The molecule has 0 fully saturated rings. The summed E-state index contributed by atoms with van der Waals surface area (Å²) in [6, 6.07) is 16.4. The van der Waals surface area contributed by atoms with Gasteiger partial charge in [-0.3, -0.25) is 0 Å². The van der Waals surface area contributed by atoms with Crippen LogP contribution < -0.4 is 0 Å². The molecular formula is C29H26FN5O2. The number of aromatic nitrogens is 4. The molecule has 4 aromatic rings. The van der Waals surface area contributed by atoms with Gasteiger partial charge in [-0.1, -0.05) is 25.1 Å². The summed E-state index contributed by atoms with van der Waals surface area (Å²) in [6.45, 7) is 5.93. The number of aryl methyl sites for hydroxylation is 1. The second-order valence-electron chi connectivity index (χ2n) is 10.2. The lowest BCUT2D eigenvalue weighted by Gasteiger charge is -2.47. The lowest BCUT2D eigenvalue weighted by molar-refractivity contribution is 0.0664. The summed E-state index contributed by atoms with van der Waals surface area (Å²) in [6.07, 6.45) is 2.78. The van der Waals surface area contributed by atoms with Gasteiger partial charge >= 0.3 is 0 Å². The standard InChI is InChI=1S/C29H26FN5O2/c1-16-24-13-12-23-25(18-4-8-21(30)9-5-18)33-35(27(23)29(24,3)14-20(15-31)26(16)36)22-10-6-19(7-11-22)28-32-17(2)34-37-28/h4-11,14,16,24,26,36H,12-13H2,1-3H3/t16-,24-,26?,29-/m1/s1. The van der Waals surface area contributed by atoms with E-state index in [9.17, 15) is 14.8 Å². The number of allylic oxidation sites excluding steroid dienone is 1. The third-order valence-corrected chi connectivity index (χ3v) is 8.01. The van der Waals surface area contributed by atoms with Gasteiger partial charge in [0.1, 0.15) is 5.82 Å². The zero-order valence-corrected chi connectivity index (χ0v) is 20.8. The van der Waals surface area contributed by atoms with Crippen LogP contribution in [0.5, 0.6) is 0 Å². The van der Waals surface area contributed by atoms with Crippen LogP contribution in [0, 0.1) is 35.9 Å². The van der Waals surface area contributed by atoms with Gasteiger partial charge in [-0.15, -0.1) is 0 Å². The number of hydrogen-bond acceptors (Lipinski definition) is 6. The molecule has 2 heterocycles. The van der Waals surface area contributed by atoms with Crippen LogP contribution in [0.25, 0.3) is 28.4 Å². The van der Waals surface area contributed by atoms with Crippen LogP contribution in [-0.4, -0.2) is 31.1 Å². The van der Waals surface area contributed by atoms with Gasteiger partial charge in [-0.05, 0) is 80.1 Å². The van der Waals surface area contributed by atoms with Crippen LogP contribution in [0.15, 0.2) is 64.7 Å². The van der Waals surface area contributed by atoms with Gasteiger partial charge in [0, 0.05) is 22.1 Å². The largest absolute Gasteiger partial charge is 0.387 e. The van der Waals surface area contributed by atoms with Crippen LogP contribution in [0.3, 0.4) is 0 Å². The van der Waals surface area contributed by atoms with Crippen LogP contribution in [0.2, 0.25) is 0 Å². The fraction of sp³-hybridized carbons (Fsp3) is 0.310. The number of aliphatic hydroxyl groups is 1. The Hall–Kier alpha value is -4.09. The molecule has 0 saturated heterocycles. The molecule has 0 saturated carbocycles. The maximum Gasteiger partial charge on any atom is 0.257 e. The van der Waals surface area contributed by atoms with Crippen molar-refractivity contribution in [3.63, 3.8) is 0 Å². The number of fused-ring (bicyclic) bond motifs is 3. The Bertz CT molecular complexity index is 1560. The van der Waals surface area contributed by atoms with E-state index in [-0.39, 0.29) is 17.7 Å². The van der Waals surface area contributed by atoms with Crippen molar-refractivity contribution in [3.05, 3.63) is 83.1 Å². The highest BCUT2D eigenvalue weighted by atomic mass is 19.1. The number of halogens is 1. The number of hydrogen-bond donors (Lipinski definition) is 1. The average molecular weight is 496 g/mol. The summed E-state index contributed by atoms with van der Waals surface area (Å²) < 4.78 is 21.0. The number of nitriles is 1. The molecule has 8 heteroatoms. The molecule has 1 N–H and O–H groups in total. The van der Waals surface area contributed by atoms with Crippen molar-refractivity contribution < 1.29 is 14.0 Å². The molecule has 0 spiro atoms. The van der Waals surface area contributed by atoms with Gasteiger partial charge in [-0.2, -0.15) is 15.3 Å². The molecular weight excluding hydrogens is 469 g/mol. The molecule has 2 aromatic heterocycles. The number of aliphatic hydroxyl groups excluding tert-OH is 1. The summed E-state index contributed by atoms with van der Waals surface area (Å²) >= 11 is 0. The predicted molar refractivity (Wildman–Crippen MR) is 135 cm³/mol. The van der Waals surface area contributed by atoms with Gasteiger partial charge in [0.05, 0.1) is 34.8 Å². The Labute approximate surface area is 213 Å². The molecule has 0 amide bonds. The van der Waals surface area contributed by atoms with Crippen molar-refractivity contribution in [1.29, 1.82) is 5.26 Å². The highest BCUT2D eigenvalue weighted by Gasteiger charge is 2.50. The molecule has 2 aliphatic rings. The first-order chi connectivity index (χ1) is 17.8. The van der Waals surface area contributed by atoms with Crippen molar-refractivity contribution in [1.82, 2.24) is 19.9 Å². The molecule has 0 aliphatic heterocycles. The third kappa shape index (κ3) is 3.61. The van der Waals surface area contributed by atoms with Gasteiger partial charge in [0.2, 0.25) is 0 Å². The Morgan fingerprint density at radius 1 is 1.14 bits per heavy atom. The number of rotatable bonds is 3. The van der Waals surface area contributed by atoms with Crippen molar-refractivity contribution in [2.45, 2.75) is 45.1 Å². The number of benzene rings is 2. The normalized spacial score (nSPS) is 24.6. The van der Waals surface area contributed by atoms with Crippen molar-refractivity contribution in [2.75, 3.05) is 0 Å². The SMILES string of the molecule is Cc1noc(-c2ccc(-n3nc(-c4ccc(F)cc4)c4c3[C@]3(C)C=C(C#N)C(O)[C@H](C)[C@H]3CC4)cc2)n1. The quantitative estimate of drug-likeness (QED) is 0.413. The van der Waals surface area contributed by atoms with E-state index in [2.05, 4.69) is 23.1 Å². The minimum absolute atomic E-state index is 0.0847. The van der Waals surface area contributed by atoms with E-state index < -0.39 is 11.5 Å². The van der Waals surface area contributed by atoms with E-state index in [0.717, 1.165) is 46.6 Å². The van der Waals surface area contributed by atoms with Crippen LogP contribution >= 0.6 is 0 Å². The fourth-order valence-corrected chi connectivity index (χ4v) is 6.20. The van der Waals surface area contributed by atoms with E-state index in [4.69, 9.17) is 9.62 Å². The van der Waals surface area contributed by atoms with Crippen molar-refractivity contribution in [2.24, 2.45) is 11.8 Å². The van der Waals surface area contributed by atoms with E-state index >= 15 is 0 Å². The fourth-order valence-electron chi connectivity index (χ4n) is 6.20. The van der Waals surface area contributed by atoms with E-state index in [0.29, 0.717) is 17.3 Å². The first-order valence-corrected chi connectivity index (χ1v) is 12.4. The Morgan fingerprint density at radius 3 is 2.49 bits per heavy atom. The van der Waals surface area contributed by atoms with Gasteiger partial charge in [0.15, 0.2) is 5.82 Å². The van der Waals surface area contributed by atoms with Crippen molar-refractivity contribution >= 4 is 0 Å². The van der Waals surface area contributed by atoms with Gasteiger partial charge in [-0.25, -0.2) is 9.07 Å². The molecule has 0 radical (unpaired) electrons. The molecule has 37 heavy (non-hydrogen) atoms. The minimum Gasteiger partial charge on any atom is -0.387 e. The first kappa shape index (κ1) is 23.3. The molecule has 6 rings (SSSR count). The lowest BCUT2D eigenvalue weighted by Crippen LogP contribution is -2.47. The number of nitrogens with zero attached hydrogens (tertiary/aromatic N) is 5. The molecule has 2 aromatic carbocycles. The highest BCUT2D eigenvalue weighted by molar-refractivity contribution is 5.68. The van der Waals surface area contributed by atoms with E-state index in [1.165, 1.54) is 12.1 Å². The maximum absolute atomic E-state index is 13.7. The van der Waals surface area contributed by atoms with E-state index in [1.54, 1.807) is 19.1 Å². The van der Waals surface area contributed by atoms with Crippen molar-refractivity contribution in [3.8, 4) is 34.5 Å². The summed E-state index contributed by atoms with van der Waals surface area (Å²) in [4.78, 5) is 4.31. The smallest absolute Gasteiger partial charge is 0.257 e. The molecule has 7 nitrogen and oxygen atoms in total. The molecule has 0 bridgehead atoms. The summed E-state index contributed by atoms with van der Waals surface area (Å²) in [5.41, 5.74) is 5.23. The van der Waals surface area contributed by atoms with Gasteiger partial charge < -0.3 is 9.63 Å². The molecule has 4 atom stereocenters. The summed E-state index contributed by atoms with van der Waals surface area (Å²) in [7, 11) is 0. The maximum atomic E-state index is 13.7. The molecule has 2 aliphatic carbocycles.